The lowest BCUT2D eigenvalue weighted by molar-refractivity contribution is -0.141. The zero-order chi connectivity index (χ0) is 12.4. The van der Waals surface area contributed by atoms with Crippen molar-refractivity contribution in [2.45, 2.75) is 26.3 Å². The van der Waals surface area contributed by atoms with E-state index in [4.69, 9.17) is 9.52 Å². The number of nitrogens with zero attached hydrogens (tertiary/aromatic N) is 3. The number of aryl methyl sites for hydroxylation is 1. The first kappa shape index (κ1) is 11.6. The third-order valence-corrected chi connectivity index (χ3v) is 2.70. The Balaban J connectivity index is 2.00. The fourth-order valence-electron chi connectivity index (χ4n) is 1.75. The maximum absolute atomic E-state index is 11.5. The third kappa shape index (κ3) is 2.43. The minimum absolute atomic E-state index is 0.0457. The third-order valence-electron chi connectivity index (χ3n) is 2.70. The van der Waals surface area contributed by atoms with Gasteiger partial charge in [0.05, 0.1) is 12.5 Å². The first-order valence-corrected chi connectivity index (χ1v) is 5.42. The number of hydrogen-bond acceptors (Lipinski definition) is 5. The molecule has 7 nitrogen and oxygen atoms in total. The highest BCUT2D eigenvalue weighted by molar-refractivity contribution is 5.85. The zero-order valence-electron chi connectivity index (χ0n) is 9.42. The summed E-state index contributed by atoms with van der Waals surface area (Å²) in [5.74, 6) is -0.895. The summed E-state index contributed by atoms with van der Waals surface area (Å²) in [5.41, 5.74) is 0. The number of aliphatic carboxylic acids is 1. The van der Waals surface area contributed by atoms with E-state index in [2.05, 4.69) is 10.2 Å². The van der Waals surface area contributed by atoms with Crippen molar-refractivity contribution in [2.24, 2.45) is 5.92 Å². The van der Waals surface area contributed by atoms with Gasteiger partial charge < -0.3 is 14.4 Å². The molecular weight excluding hydrogens is 226 g/mol. The van der Waals surface area contributed by atoms with Gasteiger partial charge in [-0.15, -0.1) is 10.2 Å². The summed E-state index contributed by atoms with van der Waals surface area (Å²) in [5, 5.41) is 16.4. The highest BCUT2D eigenvalue weighted by Gasteiger charge is 2.34. The Kier molecular flexibility index (Phi) is 3.08. The van der Waals surface area contributed by atoms with Gasteiger partial charge in [0.25, 0.3) is 0 Å². The molecule has 0 radical (unpaired) electrons. The van der Waals surface area contributed by atoms with Crippen molar-refractivity contribution in [1.29, 1.82) is 0 Å². The summed E-state index contributed by atoms with van der Waals surface area (Å²) < 4.78 is 5.28. The van der Waals surface area contributed by atoms with Gasteiger partial charge in [0.1, 0.15) is 0 Å². The summed E-state index contributed by atoms with van der Waals surface area (Å²) in [6.45, 7) is 2.28. The Morgan fingerprint density at radius 3 is 2.76 bits per heavy atom. The molecule has 1 unspecified atom stereocenters. The summed E-state index contributed by atoms with van der Waals surface area (Å²) >= 11 is 0. The second-order valence-corrected chi connectivity index (χ2v) is 3.96. The standard InChI is InChI=1S/C10H13N3O4/c1-2-7-11-12-8(17-7)5-13-4-6(10(15)16)3-9(13)14/h6H,2-5H2,1H3,(H,15,16). The van der Waals surface area contributed by atoms with Crippen molar-refractivity contribution >= 4 is 11.9 Å². The molecule has 17 heavy (non-hydrogen) atoms. The Morgan fingerprint density at radius 1 is 1.53 bits per heavy atom. The monoisotopic (exact) mass is 239 g/mol. The summed E-state index contributed by atoms with van der Waals surface area (Å²) in [6.07, 6.45) is 0.683. The normalized spacial score (nSPS) is 19.9. The van der Waals surface area contributed by atoms with Crippen molar-refractivity contribution in [3.8, 4) is 0 Å². The van der Waals surface area contributed by atoms with Crippen LogP contribution in [0.3, 0.4) is 0 Å². The number of rotatable bonds is 4. The van der Waals surface area contributed by atoms with Crippen molar-refractivity contribution in [1.82, 2.24) is 15.1 Å². The van der Waals surface area contributed by atoms with E-state index in [0.717, 1.165) is 0 Å². The van der Waals surface area contributed by atoms with Crippen LogP contribution >= 0.6 is 0 Å². The van der Waals surface area contributed by atoms with Gasteiger partial charge in [-0.25, -0.2) is 0 Å². The second-order valence-electron chi connectivity index (χ2n) is 3.96. The summed E-state index contributed by atoms with van der Waals surface area (Å²) in [6, 6.07) is 0. The molecule has 1 atom stereocenters. The van der Waals surface area contributed by atoms with Gasteiger partial charge >= 0.3 is 5.97 Å². The molecule has 1 amide bonds. The Labute approximate surface area is 97.4 Å². The van der Waals surface area contributed by atoms with Crippen LogP contribution in [0.4, 0.5) is 0 Å². The highest BCUT2D eigenvalue weighted by atomic mass is 16.4. The number of carbonyl (C=O) groups is 2. The average molecular weight is 239 g/mol. The van der Waals surface area contributed by atoms with E-state index in [-0.39, 0.29) is 25.4 Å². The molecule has 1 N–H and O–H groups in total. The van der Waals surface area contributed by atoms with Gasteiger partial charge in [-0.2, -0.15) is 0 Å². The number of amides is 1. The van der Waals surface area contributed by atoms with Gasteiger partial charge in [0, 0.05) is 19.4 Å². The first-order valence-electron chi connectivity index (χ1n) is 5.42. The van der Waals surface area contributed by atoms with Crippen molar-refractivity contribution < 1.29 is 19.1 Å². The molecule has 0 aromatic carbocycles. The molecule has 0 saturated carbocycles. The van der Waals surface area contributed by atoms with E-state index < -0.39 is 11.9 Å². The summed E-state index contributed by atoms with van der Waals surface area (Å²) in [7, 11) is 0. The van der Waals surface area contributed by atoms with Crippen molar-refractivity contribution in [2.75, 3.05) is 6.54 Å². The Bertz CT molecular complexity index is 443. The van der Waals surface area contributed by atoms with E-state index in [9.17, 15) is 9.59 Å². The second kappa shape index (κ2) is 4.52. The van der Waals surface area contributed by atoms with Crippen molar-refractivity contribution in [3.63, 3.8) is 0 Å². The molecule has 1 aromatic heterocycles. The Morgan fingerprint density at radius 2 is 2.24 bits per heavy atom. The van der Waals surface area contributed by atoms with E-state index in [1.165, 1.54) is 4.90 Å². The largest absolute Gasteiger partial charge is 0.481 e. The number of likely N-dealkylation sites (tertiary alicyclic amines) is 1. The lowest BCUT2D eigenvalue weighted by Gasteiger charge is -2.12. The maximum Gasteiger partial charge on any atom is 0.308 e. The molecule has 92 valence electrons. The molecule has 0 bridgehead atoms. The number of aromatic nitrogens is 2. The fourth-order valence-corrected chi connectivity index (χ4v) is 1.75. The quantitative estimate of drug-likeness (QED) is 0.798. The summed E-state index contributed by atoms with van der Waals surface area (Å²) in [4.78, 5) is 23.7. The molecule has 1 saturated heterocycles. The van der Waals surface area contributed by atoms with Crippen LogP contribution in [0.2, 0.25) is 0 Å². The van der Waals surface area contributed by atoms with Crippen LogP contribution in [-0.4, -0.2) is 38.6 Å². The van der Waals surface area contributed by atoms with Crippen LogP contribution in [0.15, 0.2) is 4.42 Å². The molecule has 1 aliphatic heterocycles. The molecule has 2 rings (SSSR count). The first-order chi connectivity index (χ1) is 8.10. The van der Waals surface area contributed by atoms with Crippen molar-refractivity contribution in [3.05, 3.63) is 11.8 Å². The molecule has 1 aromatic rings. The van der Waals surface area contributed by atoms with Crippen LogP contribution in [-0.2, 0) is 22.6 Å². The molecule has 7 heteroatoms. The van der Waals surface area contributed by atoms with Gasteiger partial charge in [0.2, 0.25) is 17.7 Å². The van der Waals surface area contributed by atoms with Crippen LogP contribution in [0.5, 0.6) is 0 Å². The number of carbonyl (C=O) groups excluding carboxylic acids is 1. The van der Waals surface area contributed by atoms with Crippen LogP contribution in [0, 0.1) is 5.92 Å². The van der Waals surface area contributed by atoms with Crippen LogP contribution in [0.25, 0.3) is 0 Å². The minimum atomic E-state index is -0.944. The predicted octanol–water partition coefficient (Wildman–Crippen LogP) is 0.0651. The predicted molar refractivity (Wildman–Crippen MR) is 54.8 cm³/mol. The lowest BCUT2D eigenvalue weighted by Crippen LogP contribution is -2.25. The molecule has 1 aliphatic rings. The molecule has 1 fully saturated rings. The SMILES string of the molecule is CCc1nnc(CN2CC(C(=O)O)CC2=O)o1. The van der Waals surface area contributed by atoms with Gasteiger partial charge in [-0.1, -0.05) is 6.92 Å². The maximum atomic E-state index is 11.5. The van der Waals surface area contributed by atoms with E-state index in [1.54, 1.807) is 0 Å². The minimum Gasteiger partial charge on any atom is -0.481 e. The van der Waals surface area contributed by atoms with E-state index >= 15 is 0 Å². The molecular formula is C10H13N3O4. The lowest BCUT2D eigenvalue weighted by atomic mass is 10.1. The number of hydrogen-bond donors (Lipinski definition) is 1. The number of carboxylic acid groups (broad SMARTS) is 1. The van der Waals surface area contributed by atoms with E-state index in [0.29, 0.717) is 18.2 Å². The zero-order valence-corrected chi connectivity index (χ0v) is 9.42. The molecule has 0 aliphatic carbocycles. The fraction of sp³-hybridized carbons (Fsp3) is 0.600. The van der Waals surface area contributed by atoms with Crippen LogP contribution < -0.4 is 0 Å². The Hall–Kier alpha value is -1.92. The molecule has 0 spiro atoms. The average Bonchev–Trinajstić information content (AvgIpc) is 2.87. The smallest absolute Gasteiger partial charge is 0.308 e. The van der Waals surface area contributed by atoms with Gasteiger partial charge in [0.15, 0.2) is 0 Å². The molecule has 2 heterocycles. The number of carboxylic acids is 1. The highest BCUT2D eigenvalue weighted by Crippen LogP contribution is 2.19. The van der Waals surface area contributed by atoms with Crippen LogP contribution in [0.1, 0.15) is 25.1 Å². The van der Waals surface area contributed by atoms with Gasteiger partial charge in [-0.3, -0.25) is 9.59 Å². The van der Waals surface area contributed by atoms with Gasteiger partial charge in [-0.05, 0) is 0 Å². The van der Waals surface area contributed by atoms with E-state index in [1.807, 2.05) is 6.92 Å². The topological polar surface area (TPSA) is 96.5 Å².